The Kier molecular flexibility index (Phi) is 5.89. The Morgan fingerprint density at radius 1 is 1.06 bits per heavy atom. The van der Waals surface area contributed by atoms with Gasteiger partial charge in [0.1, 0.15) is 11.1 Å². The molecule has 0 radical (unpaired) electrons. The zero-order valence-electron chi connectivity index (χ0n) is 17.3. The van der Waals surface area contributed by atoms with E-state index in [2.05, 4.69) is 37.8 Å². The number of ether oxygens (including phenoxy) is 1. The number of nitrogens with zero attached hydrogens (tertiary/aromatic N) is 5. The Bertz CT molecular complexity index is 1330. The van der Waals surface area contributed by atoms with E-state index in [-0.39, 0.29) is 0 Å². The molecule has 0 spiro atoms. The van der Waals surface area contributed by atoms with E-state index in [0.29, 0.717) is 33.8 Å². The lowest BCUT2D eigenvalue weighted by Gasteiger charge is -2.00. The van der Waals surface area contributed by atoms with Gasteiger partial charge in [0, 0.05) is 11.6 Å². The van der Waals surface area contributed by atoms with E-state index in [1.807, 2.05) is 48.5 Å². The van der Waals surface area contributed by atoms with Crippen LogP contribution in [0.15, 0.2) is 83.7 Å². The molecule has 33 heavy (non-hydrogen) atoms. The Hall–Kier alpha value is -4.31. The fraction of sp³-hybridized carbons (Fsp3) is 0.0870. The lowest BCUT2D eigenvalue weighted by Crippen LogP contribution is -2.16. The second-order valence-electron chi connectivity index (χ2n) is 6.98. The minimum absolute atomic E-state index is 0.301. The minimum atomic E-state index is -0.671. The van der Waals surface area contributed by atoms with Crippen LogP contribution in [0.1, 0.15) is 5.56 Å². The van der Waals surface area contributed by atoms with Gasteiger partial charge in [-0.3, -0.25) is 5.32 Å². The number of hydrogen-bond donors (Lipinski definition) is 1. The molecule has 1 amide bonds. The van der Waals surface area contributed by atoms with Gasteiger partial charge in [-0.2, -0.15) is 4.80 Å². The number of hydrogen-bond acceptors (Lipinski definition) is 8. The van der Waals surface area contributed by atoms with Crippen molar-refractivity contribution < 1.29 is 13.9 Å². The molecule has 0 bridgehead atoms. The molecule has 0 unspecified atom stereocenters. The van der Waals surface area contributed by atoms with Crippen LogP contribution in [-0.4, -0.2) is 31.3 Å². The minimum Gasteiger partial charge on any atom is -0.469 e. The normalized spacial score (nSPS) is 10.8. The van der Waals surface area contributed by atoms with Crippen molar-refractivity contribution in [3.8, 4) is 27.7 Å². The van der Waals surface area contributed by atoms with Gasteiger partial charge < -0.3 is 9.15 Å². The average molecular weight is 459 g/mol. The summed E-state index contributed by atoms with van der Waals surface area (Å²) in [6.45, 7) is 0.596. The molecule has 0 aliphatic rings. The van der Waals surface area contributed by atoms with Crippen molar-refractivity contribution in [2.45, 2.75) is 13.0 Å². The highest BCUT2D eigenvalue weighted by molar-refractivity contribution is 7.19. The Morgan fingerprint density at radius 3 is 2.61 bits per heavy atom. The first-order valence-corrected chi connectivity index (χ1v) is 11.0. The van der Waals surface area contributed by atoms with E-state index < -0.39 is 6.09 Å². The maximum Gasteiger partial charge on any atom is 0.419 e. The van der Waals surface area contributed by atoms with Gasteiger partial charge in [0.2, 0.25) is 5.82 Å². The van der Waals surface area contributed by atoms with Crippen LogP contribution in [-0.2, 0) is 13.0 Å². The second kappa shape index (κ2) is 9.45. The number of anilines is 1. The predicted molar refractivity (Wildman–Crippen MR) is 123 cm³/mol. The maximum atomic E-state index is 12.2. The summed E-state index contributed by atoms with van der Waals surface area (Å²) in [5, 5.41) is 16.0. The van der Waals surface area contributed by atoms with Crippen LogP contribution in [0.3, 0.4) is 0 Å². The molecule has 5 rings (SSSR count). The molecule has 1 N–H and O–H groups in total. The second-order valence-corrected chi connectivity index (χ2v) is 7.98. The van der Waals surface area contributed by atoms with Gasteiger partial charge in [0.15, 0.2) is 10.9 Å². The number of aromatic nitrogens is 5. The van der Waals surface area contributed by atoms with E-state index >= 15 is 0 Å². The van der Waals surface area contributed by atoms with Crippen molar-refractivity contribution in [1.82, 2.24) is 25.2 Å². The summed E-state index contributed by atoms with van der Waals surface area (Å²) in [5.41, 5.74) is 2.73. The molecule has 3 heterocycles. The topological polar surface area (TPSA) is 108 Å². The Labute approximate surface area is 192 Å². The molecule has 0 aliphatic carbocycles. The first-order chi connectivity index (χ1) is 16.2. The fourth-order valence-electron chi connectivity index (χ4n) is 3.15. The Balaban J connectivity index is 1.39. The maximum absolute atomic E-state index is 12.2. The van der Waals surface area contributed by atoms with Gasteiger partial charge in [0.25, 0.3) is 0 Å². The van der Waals surface area contributed by atoms with Crippen LogP contribution < -0.4 is 10.1 Å². The van der Waals surface area contributed by atoms with Crippen molar-refractivity contribution in [3.05, 3.63) is 84.8 Å². The van der Waals surface area contributed by atoms with E-state index in [1.165, 1.54) is 29.4 Å². The summed E-state index contributed by atoms with van der Waals surface area (Å²) in [6, 6.07) is 21.3. The fourth-order valence-corrected chi connectivity index (χ4v) is 4.05. The van der Waals surface area contributed by atoms with Crippen molar-refractivity contribution in [3.63, 3.8) is 0 Å². The molecule has 2 aromatic carbocycles. The number of amides is 1. The molecular weight excluding hydrogens is 440 g/mol. The molecule has 164 valence electrons. The highest BCUT2D eigenvalue weighted by atomic mass is 32.1. The first kappa shape index (κ1) is 20.6. The van der Waals surface area contributed by atoms with Crippen molar-refractivity contribution in [2.24, 2.45) is 0 Å². The number of rotatable bonds is 7. The number of aryl methyl sites for hydroxylation is 2. The number of nitrogens with one attached hydrogen (secondary N) is 1. The third kappa shape index (κ3) is 4.96. The summed E-state index contributed by atoms with van der Waals surface area (Å²) in [5.74, 6) is 0.742. The van der Waals surface area contributed by atoms with E-state index in [9.17, 15) is 4.79 Å². The number of tetrazole rings is 1. The summed E-state index contributed by atoms with van der Waals surface area (Å²) >= 11 is 1.25. The molecule has 10 heteroatoms. The quantitative estimate of drug-likeness (QED) is 0.369. The molecular formula is C23H18N6O3S. The first-order valence-electron chi connectivity index (χ1n) is 10.1. The van der Waals surface area contributed by atoms with Crippen LogP contribution in [0.2, 0.25) is 0 Å². The Morgan fingerprint density at radius 2 is 1.85 bits per heavy atom. The third-order valence-corrected chi connectivity index (χ3v) is 5.65. The van der Waals surface area contributed by atoms with Gasteiger partial charge in [-0.1, -0.05) is 72.0 Å². The van der Waals surface area contributed by atoms with Crippen LogP contribution in [0.5, 0.6) is 5.75 Å². The SMILES string of the molecule is O=C(Nc1nc(-c2ccccc2)c(-c2nnn(CCc3ccccc3)n2)s1)Oc1ccoc1. The van der Waals surface area contributed by atoms with Crippen LogP contribution in [0, 0.1) is 0 Å². The molecule has 3 aromatic heterocycles. The van der Waals surface area contributed by atoms with Gasteiger partial charge >= 0.3 is 6.09 Å². The largest absolute Gasteiger partial charge is 0.469 e. The zero-order chi connectivity index (χ0) is 22.5. The summed E-state index contributed by atoms with van der Waals surface area (Å²) in [4.78, 5) is 19.1. The van der Waals surface area contributed by atoms with Crippen LogP contribution in [0.4, 0.5) is 9.93 Å². The summed E-state index contributed by atoms with van der Waals surface area (Å²) in [7, 11) is 0. The summed E-state index contributed by atoms with van der Waals surface area (Å²) < 4.78 is 10.1. The molecule has 0 aliphatic heterocycles. The van der Waals surface area contributed by atoms with Gasteiger partial charge in [-0.15, -0.1) is 10.2 Å². The van der Waals surface area contributed by atoms with Crippen molar-refractivity contribution in [1.29, 1.82) is 0 Å². The highest BCUT2D eigenvalue weighted by Crippen LogP contribution is 2.37. The molecule has 9 nitrogen and oxygen atoms in total. The number of carbonyl (C=O) groups is 1. The van der Waals surface area contributed by atoms with Gasteiger partial charge in [-0.05, 0) is 17.2 Å². The van der Waals surface area contributed by atoms with E-state index in [1.54, 1.807) is 10.9 Å². The van der Waals surface area contributed by atoms with Crippen LogP contribution >= 0.6 is 11.3 Å². The number of furan rings is 1. The van der Waals surface area contributed by atoms with E-state index in [0.717, 1.165) is 12.0 Å². The number of thiazole rings is 1. The van der Waals surface area contributed by atoms with Gasteiger partial charge in [0.05, 0.1) is 18.5 Å². The third-order valence-electron chi connectivity index (χ3n) is 4.69. The molecule has 0 saturated heterocycles. The highest BCUT2D eigenvalue weighted by Gasteiger charge is 2.20. The standard InChI is InChI=1S/C23H18N6O3S/c30-23(32-18-12-14-31-15-18)25-22-24-19(17-9-5-2-6-10-17)20(33-22)21-26-28-29(27-21)13-11-16-7-3-1-4-8-16/h1-10,12,14-15H,11,13H2,(H,24,25,30). The van der Waals surface area contributed by atoms with Crippen molar-refractivity contribution in [2.75, 3.05) is 5.32 Å². The van der Waals surface area contributed by atoms with E-state index in [4.69, 9.17) is 9.15 Å². The predicted octanol–water partition coefficient (Wildman–Crippen LogP) is 4.91. The van der Waals surface area contributed by atoms with Gasteiger partial charge in [-0.25, -0.2) is 9.78 Å². The molecule has 0 saturated carbocycles. The van der Waals surface area contributed by atoms with Crippen molar-refractivity contribution >= 4 is 22.6 Å². The number of carbonyl (C=O) groups excluding carboxylic acids is 1. The molecule has 0 atom stereocenters. The molecule has 0 fully saturated rings. The summed E-state index contributed by atoms with van der Waals surface area (Å²) in [6.07, 6.45) is 2.87. The lowest BCUT2D eigenvalue weighted by atomic mass is 10.1. The van der Waals surface area contributed by atoms with Crippen LogP contribution in [0.25, 0.3) is 22.0 Å². The lowest BCUT2D eigenvalue weighted by molar-refractivity contribution is 0.214. The number of benzene rings is 2. The smallest absolute Gasteiger partial charge is 0.419 e. The average Bonchev–Trinajstić information content (AvgIpc) is 3.60. The zero-order valence-corrected chi connectivity index (χ0v) is 18.1. The monoisotopic (exact) mass is 458 g/mol. The molecule has 5 aromatic rings.